The van der Waals surface area contributed by atoms with Gasteiger partial charge in [0.2, 0.25) is 0 Å². The summed E-state index contributed by atoms with van der Waals surface area (Å²) < 4.78 is 0.847. The number of nitrogens with zero attached hydrogens (tertiary/aromatic N) is 4. The highest BCUT2D eigenvalue weighted by Gasteiger charge is 2.06. The van der Waals surface area contributed by atoms with E-state index in [4.69, 9.17) is 5.73 Å². The van der Waals surface area contributed by atoms with Crippen molar-refractivity contribution in [1.82, 2.24) is 20.4 Å². The molecule has 0 bridgehead atoms. The van der Waals surface area contributed by atoms with E-state index in [-0.39, 0.29) is 0 Å². The smallest absolute Gasteiger partial charge is 0.180 e. The van der Waals surface area contributed by atoms with Gasteiger partial charge in [-0.05, 0) is 17.8 Å². The molecular formula is C7H7N5S2. The van der Waals surface area contributed by atoms with Crippen LogP contribution < -0.4 is 5.73 Å². The summed E-state index contributed by atoms with van der Waals surface area (Å²) in [6.07, 6.45) is 1.63. The summed E-state index contributed by atoms with van der Waals surface area (Å²) in [6.45, 7) is 0.455. The molecule has 0 radical (unpaired) electrons. The van der Waals surface area contributed by atoms with Gasteiger partial charge in [-0.15, -0.1) is 15.3 Å². The van der Waals surface area contributed by atoms with Crippen LogP contribution in [-0.2, 0) is 6.54 Å². The van der Waals surface area contributed by atoms with E-state index in [9.17, 15) is 0 Å². The molecule has 0 amide bonds. The molecule has 2 rings (SSSR count). The molecule has 5 nitrogen and oxygen atoms in total. The maximum atomic E-state index is 5.57. The van der Waals surface area contributed by atoms with Crippen LogP contribution >= 0.6 is 23.1 Å². The van der Waals surface area contributed by atoms with Gasteiger partial charge >= 0.3 is 0 Å². The normalized spacial score (nSPS) is 10.4. The van der Waals surface area contributed by atoms with Crippen LogP contribution in [0.2, 0.25) is 0 Å². The predicted octanol–water partition coefficient (Wildman–Crippen LogP) is 0.938. The van der Waals surface area contributed by atoms with Crippen LogP contribution in [0, 0.1) is 0 Å². The first kappa shape index (κ1) is 9.50. The van der Waals surface area contributed by atoms with Crippen LogP contribution in [0.15, 0.2) is 27.1 Å². The minimum Gasteiger partial charge on any atom is -0.326 e. The minimum absolute atomic E-state index is 0.455. The lowest BCUT2D eigenvalue weighted by Crippen LogP contribution is -2.00. The van der Waals surface area contributed by atoms with Crippen LogP contribution in [0.25, 0.3) is 0 Å². The van der Waals surface area contributed by atoms with E-state index in [0.717, 1.165) is 14.9 Å². The molecule has 0 spiro atoms. The summed E-state index contributed by atoms with van der Waals surface area (Å²) in [5.74, 6) is 0. The molecule has 0 saturated heterocycles. The zero-order valence-electron chi connectivity index (χ0n) is 7.12. The van der Waals surface area contributed by atoms with Crippen molar-refractivity contribution in [2.75, 3.05) is 0 Å². The van der Waals surface area contributed by atoms with Crippen molar-refractivity contribution in [3.63, 3.8) is 0 Å². The zero-order valence-corrected chi connectivity index (χ0v) is 8.75. The van der Waals surface area contributed by atoms with Crippen LogP contribution in [0.3, 0.4) is 0 Å². The highest BCUT2D eigenvalue weighted by atomic mass is 32.2. The Morgan fingerprint density at radius 1 is 1.36 bits per heavy atom. The molecule has 2 aromatic rings. The first-order valence-corrected chi connectivity index (χ1v) is 5.54. The molecule has 72 valence electrons. The van der Waals surface area contributed by atoms with E-state index in [1.54, 1.807) is 11.7 Å². The lowest BCUT2D eigenvalue weighted by Gasteiger charge is -2.00. The molecule has 2 heterocycles. The van der Waals surface area contributed by atoms with E-state index in [2.05, 4.69) is 20.4 Å². The Hall–Kier alpha value is -1.05. The van der Waals surface area contributed by atoms with Crippen molar-refractivity contribution in [2.45, 2.75) is 15.9 Å². The molecule has 0 aromatic carbocycles. The second kappa shape index (κ2) is 4.45. The van der Waals surface area contributed by atoms with Crippen molar-refractivity contribution in [1.29, 1.82) is 0 Å². The van der Waals surface area contributed by atoms with E-state index < -0.39 is 0 Å². The summed E-state index contributed by atoms with van der Waals surface area (Å²) in [4.78, 5) is 0. The average Bonchev–Trinajstić information content (AvgIpc) is 2.71. The van der Waals surface area contributed by atoms with Crippen LogP contribution in [0.1, 0.15) is 5.56 Å². The van der Waals surface area contributed by atoms with Gasteiger partial charge < -0.3 is 5.73 Å². The van der Waals surface area contributed by atoms with Gasteiger partial charge in [0.25, 0.3) is 0 Å². The maximum Gasteiger partial charge on any atom is 0.180 e. The van der Waals surface area contributed by atoms with Gasteiger partial charge in [0, 0.05) is 18.3 Å². The molecule has 0 atom stereocenters. The molecule has 0 fully saturated rings. The van der Waals surface area contributed by atoms with Crippen molar-refractivity contribution in [3.8, 4) is 0 Å². The third-order valence-corrected chi connectivity index (χ3v) is 3.32. The number of aromatic nitrogens is 4. The SMILES string of the molecule is NCc1ccnnc1Sc1nncs1. The number of rotatable bonds is 3. The van der Waals surface area contributed by atoms with Crippen LogP contribution in [-0.4, -0.2) is 20.4 Å². The maximum absolute atomic E-state index is 5.57. The summed E-state index contributed by atoms with van der Waals surface area (Å²) in [5, 5.41) is 16.2. The highest BCUT2D eigenvalue weighted by molar-refractivity contribution is 8.01. The second-order valence-corrected chi connectivity index (χ2v) is 4.44. The Morgan fingerprint density at radius 2 is 2.29 bits per heavy atom. The standard InChI is InChI=1S/C7H7N5S2/c8-3-5-1-2-9-11-6(5)14-7-12-10-4-13-7/h1-2,4H,3,8H2. The second-order valence-electron chi connectivity index (χ2n) is 2.37. The van der Waals surface area contributed by atoms with Crippen molar-refractivity contribution in [2.24, 2.45) is 5.73 Å². The first-order chi connectivity index (χ1) is 6.90. The van der Waals surface area contributed by atoms with Crippen molar-refractivity contribution in [3.05, 3.63) is 23.3 Å². The Balaban J connectivity index is 2.24. The molecule has 14 heavy (non-hydrogen) atoms. The minimum atomic E-state index is 0.455. The summed E-state index contributed by atoms with van der Waals surface area (Å²) in [7, 11) is 0. The van der Waals surface area contributed by atoms with Crippen molar-refractivity contribution < 1.29 is 0 Å². The third kappa shape index (κ3) is 2.06. The van der Waals surface area contributed by atoms with Crippen LogP contribution in [0.4, 0.5) is 0 Å². The van der Waals surface area contributed by atoms with Crippen molar-refractivity contribution >= 4 is 23.1 Å². The number of hydrogen-bond donors (Lipinski definition) is 1. The highest BCUT2D eigenvalue weighted by Crippen LogP contribution is 2.28. The lowest BCUT2D eigenvalue weighted by molar-refractivity contribution is 0.864. The molecule has 0 saturated carbocycles. The fourth-order valence-electron chi connectivity index (χ4n) is 0.876. The summed E-state index contributed by atoms with van der Waals surface area (Å²) >= 11 is 2.91. The summed E-state index contributed by atoms with van der Waals surface area (Å²) in [5.41, 5.74) is 8.22. The fraction of sp³-hybridized carbons (Fsp3) is 0.143. The van der Waals surface area contributed by atoms with E-state index >= 15 is 0 Å². The topological polar surface area (TPSA) is 77.6 Å². The van der Waals surface area contributed by atoms with Gasteiger partial charge in [-0.2, -0.15) is 5.10 Å². The Labute approximate surface area is 88.8 Å². The monoisotopic (exact) mass is 225 g/mol. The number of hydrogen-bond acceptors (Lipinski definition) is 7. The Morgan fingerprint density at radius 3 is 3.00 bits per heavy atom. The zero-order chi connectivity index (χ0) is 9.80. The van der Waals surface area contributed by atoms with E-state index in [1.807, 2.05) is 6.07 Å². The van der Waals surface area contributed by atoms with E-state index in [1.165, 1.54) is 23.1 Å². The number of nitrogens with two attached hydrogens (primary N) is 1. The van der Waals surface area contributed by atoms with Gasteiger partial charge in [0.15, 0.2) is 4.34 Å². The fourth-order valence-corrected chi connectivity index (χ4v) is 2.34. The van der Waals surface area contributed by atoms with Gasteiger partial charge in [0.1, 0.15) is 10.5 Å². The average molecular weight is 225 g/mol. The first-order valence-electron chi connectivity index (χ1n) is 3.85. The molecular weight excluding hydrogens is 218 g/mol. The van der Waals surface area contributed by atoms with Gasteiger partial charge in [-0.1, -0.05) is 11.3 Å². The predicted molar refractivity (Wildman–Crippen MR) is 54.0 cm³/mol. The van der Waals surface area contributed by atoms with Gasteiger partial charge in [-0.3, -0.25) is 0 Å². The summed E-state index contributed by atoms with van der Waals surface area (Å²) in [6, 6.07) is 1.86. The van der Waals surface area contributed by atoms with Crippen LogP contribution in [0.5, 0.6) is 0 Å². The molecule has 2 N–H and O–H groups in total. The quantitative estimate of drug-likeness (QED) is 0.837. The lowest BCUT2D eigenvalue weighted by atomic mass is 10.3. The largest absolute Gasteiger partial charge is 0.326 e. The molecule has 0 aliphatic rings. The Kier molecular flexibility index (Phi) is 3.02. The van der Waals surface area contributed by atoms with Gasteiger partial charge in [0.05, 0.1) is 0 Å². The van der Waals surface area contributed by atoms with E-state index in [0.29, 0.717) is 6.54 Å². The molecule has 0 unspecified atom stereocenters. The Bertz CT molecular complexity index is 402. The molecule has 7 heteroatoms. The third-order valence-electron chi connectivity index (χ3n) is 1.51. The molecule has 0 aliphatic heterocycles. The van der Waals surface area contributed by atoms with Gasteiger partial charge in [-0.25, -0.2) is 0 Å². The molecule has 0 aliphatic carbocycles. The molecule has 2 aromatic heterocycles.